The van der Waals surface area contributed by atoms with E-state index < -0.39 is 41.4 Å². The van der Waals surface area contributed by atoms with Crippen molar-refractivity contribution in [2.45, 2.75) is 64.9 Å². The Bertz CT molecular complexity index is 785. The van der Waals surface area contributed by atoms with Crippen molar-refractivity contribution in [1.82, 2.24) is 5.32 Å². The number of esters is 2. The predicted octanol–water partition coefficient (Wildman–Crippen LogP) is 4.38. The molecule has 0 bridgehead atoms. The fourth-order valence-electron chi connectivity index (χ4n) is 2.84. The van der Waals surface area contributed by atoms with Crippen LogP contribution >= 0.6 is 27.5 Å². The Morgan fingerprint density at radius 3 is 2.38 bits per heavy atom. The Labute approximate surface area is 183 Å². The number of hydrogen-bond acceptors (Lipinski definition) is 6. The second-order valence-corrected chi connectivity index (χ2v) is 9.64. The van der Waals surface area contributed by atoms with Crippen LogP contribution in [0.1, 0.15) is 46.6 Å². The quantitative estimate of drug-likeness (QED) is 0.486. The number of carbonyl (C=O) groups excluding carboxylic acids is 3. The molecule has 1 aliphatic rings. The van der Waals surface area contributed by atoms with Gasteiger partial charge >= 0.3 is 18.0 Å². The summed E-state index contributed by atoms with van der Waals surface area (Å²) in [6, 6.07) is 4.73. The van der Waals surface area contributed by atoms with Gasteiger partial charge in [0.1, 0.15) is 5.60 Å². The molecule has 1 aromatic carbocycles. The van der Waals surface area contributed by atoms with Gasteiger partial charge in [0, 0.05) is 29.4 Å². The van der Waals surface area contributed by atoms with E-state index in [0.29, 0.717) is 5.02 Å². The van der Waals surface area contributed by atoms with E-state index in [-0.39, 0.29) is 12.8 Å². The molecule has 0 spiro atoms. The van der Waals surface area contributed by atoms with E-state index in [1.165, 1.54) is 13.8 Å². The summed E-state index contributed by atoms with van der Waals surface area (Å²) >= 11 is 9.64. The molecule has 160 valence electrons. The molecular formula is C20H25BrClNO6. The monoisotopic (exact) mass is 489 g/mol. The van der Waals surface area contributed by atoms with Gasteiger partial charge in [-0.25, -0.2) is 4.79 Å². The molecule has 1 fully saturated rings. The fraction of sp³-hybridized carbons (Fsp3) is 0.550. The van der Waals surface area contributed by atoms with E-state index in [1.54, 1.807) is 32.9 Å². The number of benzene rings is 1. The van der Waals surface area contributed by atoms with Crippen molar-refractivity contribution in [2.24, 2.45) is 5.92 Å². The first kappa shape index (κ1) is 23.5. The predicted molar refractivity (Wildman–Crippen MR) is 110 cm³/mol. The number of amides is 1. The van der Waals surface area contributed by atoms with Crippen LogP contribution in [0.3, 0.4) is 0 Å². The zero-order valence-corrected chi connectivity index (χ0v) is 19.3. The highest BCUT2D eigenvalue weighted by atomic mass is 79.9. The molecule has 0 aliphatic carbocycles. The van der Waals surface area contributed by atoms with Gasteiger partial charge in [-0.3, -0.25) is 9.59 Å². The van der Waals surface area contributed by atoms with Crippen LogP contribution in [0.15, 0.2) is 22.7 Å². The highest BCUT2D eigenvalue weighted by molar-refractivity contribution is 9.10. The van der Waals surface area contributed by atoms with E-state index in [0.717, 1.165) is 10.0 Å². The van der Waals surface area contributed by atoms with Crippen molar-refractivity contribution in [2.75, 3.05) is 0 Å². The van der Waals surface area contributed by atoms with Crippen LogP contribution in [-0.2, 0) is 30.2 Å². The summed E-state index contributed by atoms with van der Waals surface area (Å²) in [7, 11) is 0. The van der Waals surface area contributed by atoms with Crippen LogP contribution < -0.4 is 5.32 Å². The van der Waals surface area contributed by atoms with Gasteiger partial charge in [0.05, 0.1) is 0 Å². The minimum Gasteiger partial charge on any atom is -0.444 e. The third-order valence-electron chi connectivity index (χ3n) is 3.98. The Balaban J connectivity index is 2.20. The number of hydrogen-bond donors (Lipinski definition) is 1. The normalized spacial score (nSPS) is 17.9. The lowest BCUT2D eigenvalue weighted by Crippen LogP contribution is -2.49. The Morgan fingerprint density at radius 1 is 1.28 bits per heavy atom. The standard InChI is InChI=1S/C20H25BrClNO6/c1-19(2,3)29-18(26)23-13(8-11-6-7-12(21)9-15(11)22)10-14-16(24)27-20(4,5)28-17(14)25/h6-7,9,13-14H,8,10H2,1-5H3,(H,23,26). The molecule has 1 atom stereocenters. The van der Waals surface area contributed by atoms with Crippen LogP contribution in [0.5, 0.6) is 0 Å². The highest BCUT2D eigenvalue weighted by Crippen LogP contribution is 2.28. The fourth-order valence-corrected chi connectivity index (χ4v) is 3.59. The second-order valence-electron chi connectivity index (χ2n) is 8.31. The van der Waals surface area contributed by atoms with E-state index in [2.05, 4.69) is 21.2 Å². The zero-order valence-electron chi connectivity index (χ0n) is 17.0. The first-order valence-corrected chi connectivity index (χ1v) is 10.3. The van der Waals surface area contributed by atoms with Gasteiger partial charge in [-0.2, -0.15) is 0 Å². The molecule has 1 saturated heterocycles. The molecular weight excluding hydrogens is 466 g/mol. The van der Waals surface area contributed by atoms with Crippen molar-refractivity contribution in [3.05, 3.63) is 33.3 Å². The van der Waals surface area contributed by atoms with Crippen LogP contribution in [0.2, 0.25) is 5.02 Å². The average Bonchev–Trinajstić information content (AvgIpc) is 2.50. The third-order valence-corrected chi connectivity index (χ3v) is 4.83. The SMILES string of the molecule is CC(C)(C)OC(=O)NC(Cc1ccc(Br)cc1Cl)CC1C(=O)OC(C)(C)OC1=O. The van der Waals surface area contributed by atoms with Crippen molar-refractivity contribution >= 4 is 45.6 Å². The van der Waals surface area contributed by atoms with E-state index in [1.807, 2.05) is 6.07 Å². The maximum Gasteiger partial charge on any atom is 0.407 e. The highest BCUT2D eigenvalue weighted by Gasteiger charge is 2.44. The summed E-state index contributed by atoms with van der Waals surface area (Å²) in [5.41, 5.74) is 0.0465. The van der Waals surface area contributed by atoms with E-state index >= 15 is 0 Å². The summed E-state index contributed by atoms with van der Waals surface area (Å²) in [5, 5.41) is 3.22. The lowest BCUT2D eigenvalue weighted by molar-refractivity contribution is -0.240. The Kier molecular flexibility index (Phi) is 7.22. The van der Waals surface area contributed by atoms with Crippen molar-refractivity contribution in [3.63, 3.8) is 0 Å². The molecule has 0 radical (unpaired) electrons. The minimum atomic E-state index is -1.31. The molecule has 9 heteroatoms. The van der Waals surface area contributed by atoms with Crippen LogP contribution in [0.4, 0.5) is 4.79 Å². The van der Waals surface area contributed by atoms with Gasteiger partial charge in [-0.05, 0) is 51.3 Å². The molecule has 1 aromatic rings. The van der Waals surface area contributed by atoms with Crippen molar-refractivity contribution < 1.29 is 28.6 Å². The lowest BCUT2D eigenvalue weighted by Gasteiger charge is -2.34. The van der Waals surface area contributed by atoms with E-state index in [9.17, 15) is 14.4 Å². The number of ether oxygens (including phenoxy) is 3. The molecule has 29 heavy (non-hydrogen) atoms. The number of cyclic esters (lactones) is 2. The number of carbonyl (C=O) groups is 3. The largest absolute Gasteiger partial charge is 0.444 e. The van der Waals surface area contributed by atoms with Gasteiger partial charge in [0.15, 0.2) is 5.92 Å². The number of nitrogens with one attached hydrogen (secondary N) is 1. The smallest absolute Gasteiger partial charge is 0.407 e. The molecule has 1 amide bonds. The summed E-state index contributed by atoms with van der Waals surface area (Å²) in [6.45, 7) is 8.19. The molecule has 0 saturated carbocycles. The molecule has 1 unspecified atom stereocenters. The summed E-state index contributed by atoms with van der Waals surface area (Å²) in [4.78, 5) is 37.0. The number of rotatable bonds is 5. The van der Waals surface area contributed by atoms with Crippen molar-refractivity contribution in [1.29, 1.82) is 0 Å². The maximum atomic E-state index is 12.3. The van der Waals surface area contributed by atoms with Crippen LogP contribution in [0.25, 0.3) is 0 Å². The average molecular weight is 491 g/mol. The van der Waals surface area contributed by atoms with Gasteiger partial charge < -0.3 is 19.5 Å². The molecule has 7 nitrogen and oxygen atoms in total. The molecule has 1 heterocycles. The van der Waals surface area contributed by atoms with Gasteiger partial charge in [0.25, 0.3) is 5.79 Å². The molecule has 1 aliphatic heterocycles. The zero-order chi connectivity index (χ0) is 22.0. The van der Waals surface area contributed by atoms with Gasteiger partial charge in [-0.1, -0.05) is 33.6 Å². The first-order valence-electron chi connectivity index (χ1n) is 9.15. The summed E-state index contributed by atoms with van der Waals surface area (Å²) in [6.07, 6.45) is -0.390. The van der Waals surface area contributed by atoms with E-state index in [4.69, 9.17) is 25.8 Å². The van der Waals surface area contributed by atoms with Crippen LogP contribution in [-0.4, -0.2) is 35.5 Å². The number of halogens is 2. The molecule has 2 rings (SSSR count). The topological polar surface area (TPSA) is 90.9 Å². The first-order chi connectivity index (χ1) is 13.3. The lowest BCUT2D eigenvalue weighted by atomic mass is 9.94. The van der Waals surface area contributed by atoms with Gasteiger partial charge in [-0.15, -0.1) is 0 Å². The maximum absolute atomic E-state index is 12.3. The number of alkyl carbamates (subject to hydrolysis) is 1. The third kappa shape index (κ3) is 7.19. The Morgan fingerprint density at radius 2 is 1.86 bits per heavy atom. The molecule has 0 aromatic heterocycles. The van der Waals surface area contributed by atoms with Crippen molar-refractivity contribution in [3.8, 4) is 0 Å². The summed E-state index contributed by atoms with van der Waals surface area (Å²) < 4.78 is 16.5. The van der Waals surface area contributed by atoms with Gasteiger partial charge in [0.2, 0.25) is 0 Å². The Hall–Kier alpha value is -1.80. The second kappa shape index (κ2) is 8.92. The van der Waals surface area contributed by atoms with Crippen LogP contribution in [0, 0.1) is 5.92 Å². The molecule has 1 N–H and O–H groups in total. The minimum absolute atomic E-state index is 0.0145. The summed E-state index contributed by atoms with van der Waals surface area (Å²) in [5.74, 6) is -3.85.